The number of anilines is 1. The quantitative estimate of drug-likeness (QED) is 0.906. The van der Waals surface area contributed by atoms with Crippen LogP contribution in [0.5, 0.6) is 5.75 Å². The van der Waals surface area contributed by atoms with Crippen molar-refractivity contribution in [3.8, 4) is 5.75 Å². The molecular formula is C16H20N2O. The van der Waals surface area contributed by atoms with Crippen LogP contribution in [0.2, 0.25) is 0 Å². The van der Waals surface area contributed by atoms with Gasteiger partial charge in [0.25, 0.3) is 0 Å². The van der Waals surface area contributed by atoms with Gasteiger partial charge in [0.1, 0.15) is 11.6 Å². The lowest BCUT2D eigenvalue weighted by molar-refractivity contribution is 0.420. The zero-order valence-corrected chi connectivity index (χ0v) is 11.5. The van der Waals surface area contributed by atoms with E-state index in [-0.39, 0.29) is 0 Å². The van der Waals surface area contributed by atoms with Gasteiger partial charge in [0.2, 0.25) is 0 Å². The molecule has 0 aliphatic heterocycles. The highest BCUT2D eigenvalue weighted by Crippen LogP contribution is 2.32. The molecule has 100 valence electrons. The molecule has 1 aromatic carbocycles. The molecule has 1 aromatic heterocycles. The third-order valence-corrected chi connectivity index (χ3v) is 4.02. The first kappa shape index (κ1) is 12.3. The van der Waals surface area contributed by atoms with Crippen molar-refractivity contribution in [2.24, 2.45) is 5.92 Å². The van der Waals surface area contributed by atoms with E-state index >= 15 is 0 Å². The molecule has 1 aliphatic carbocycles. The van der Waals surface area contributed by atoms with E-state index in [1.54, 1.807) is 7.11 Å². The smallest absolute Gasteiger partial charge is 0.134 e. The topological polar surface area (TPSA) is 34.1 Å². The van der Waals surface area contributed by atoms with Crippen molar-refractivity contribution >= 4 is 16.6 Å². The van der Waals surface area contributed by atoms with Crippen LogP contribution in [0.25, 0.3) is 10.8 Å². The average Bonchev–Trinajstić information content (AvgIpc) is 2.84. The summed E-state index contributed by atoms with van der Waals surface area (Å²) in [5.41, 5.74) is 0. The van der Waals surface area contributed by atoms with Crippen LogP contribution < -0.4 is 10.1 Å². The van der Waals surface area contributed by atoms with Gasteiger partial charge in [-0.1, -0.05) is 19.1 Å². The summed E-state index contributed by atoms with van der Waals surface area (Å²) in [4.78, 5) is 4.50. The fourth-order valence-electron chi connectivity index (χ4n) is 3.00. The summed E-state index contributed by atoms with van der Waals surface area (Å²) in [6.07, 6.45) is 5.64. The van der Waals surface area contributed by atoms with E-state index in [0.717, 1.165) is 28.3 Å². The van der Waals surface area contributed by atoms with Gasteiger partial charge in [-0.2, -0.15) is 0 Å². The Balaban J connectivity index is 1.95. The Morgan fingerprint density at radius 3 is 2.84 bits per heavy atom. The summed E-state index contributed by atoms with van der Waals surface area (Å²) >= 11 is 0. The minimum atomic E-state index is 0.555. The number of hydrogen-bond donors (Lipinski definition) is 1. The third kappa shape index (κ3) is 2.37. The molecule has 2 atom stereocenters. The largest absolute Gasteiger partial charge is 0.496 e. The number of hydrogen-bond acceptors (Lipinski definition) is 3. The number of pyridine rings is 1. The van der Waals surface area contributed by atoms with Crippen molar-refractivity contribution in [2.45, 2.75) is 32.2 Å². The molecule has 0 bridgehead atoms. The molecule has 1 aliphatic rings. The number of rotatable bonds is 3. The van der Waals surface area contributed by atoms with Crippen LogP contribution in [-0.4, -0.2) is 18.1 Å². The number of nitrogens with one attached hydrogen (secondary N) is 1. The first-order valence-corrected chi connectivity index (χ1v) is 6.96. The second-order valence-corrected chi connectivity index (χ2v) is 5.47. The van der Waals surface area contributed by atoms with Gasteiger partial charge in [0.05, 0.1) is 7.11 Å². The van der Waals surface area contributed by atoms with E-state index in [0.29, 0.717) is 6.04 Å². The van der Waals surface area contributed by atoms with Gasteiger partial charge in [-0.05, 0) is 37.3 Å². The molecule has 0 radical (unpaired) electrons. The standard InChI is InChI=1S/C16H20N2O/c1-11-6-7-12(10-11)18-16-14-4-3-5-15(19-2)13(14)8-9-17-16/h3-5,8-9,11-12H,6-7,10H2,1-2H3,(H,17,18). The Morgan fingerprint density at radius 1 is 1.21 bits per heavy atom. The predicted molar refractivity (Wildman–Crippen MR) is 78.7 cm³/mol. The maximum atomic E-state index is 5.41. The lowest BCUT2D eigenvalue weighted by Crippen LogP contribution is -2.16. The number of benzene rings is 1. The van der Waals surface area contributed by atoms with Crippen LogP contribution in [0.3, 0.4) is 0 Å². The molecular weight excluding hydrogens is 236 g/mol. The molecule has 1 fully saturated rings. The Hall–Kier alpha value is -1.77. The van der Waals surface area contributed by atoms with Gasteiger partial charge in [-0.3, -0.25) is 0 Å². The molecule has 0 saturated heterocycles. The molecule has 1 N–H and O–H groups in total. The first-order chi connectivity index (χ1) is 9.28. The van der Waals surface area contributed by atoms with Crippen molar-refractivity contribution < 1.29 is 4.74 Å². The van der Waals surface area contributed by atoms with Gasteiger partial charge in [0, 0.05) is 23.0 Å². The second-order valence-electron chi connectivity index (χ2n) is 5.47. The van der Waals surface area contributed by atoms with E-state index in [9.17, 15) is 0 Å². The Kier molecular flexibility index (Phi) is 3.28. The van der Waals surface area contributed by atoms with Gasteiger partial charge in [-0.15, -0.1) is 0 Å². The molecule has 3 rings (SSSR count). The monoisotopic (exact) mass is 256 g/mol. The summed E-state index contributed by atoms with van der Waals surface area (Å²) in [6.45, 7) is 2.32. The zero-order valence-electron chi connectivity index (χ0n) is 11.5. The van der Waals surface area contributed by atoms with Crippen molar-refractivity contribution in [1.29, 1.82) is 0 Å². The predicted octanol–water partition coefficient (Wildman–Crippen LogP) is 3.84. The van der Waals surface area contributed by atoms with Gasteiger partial charge in [0.15, 0.2) is 0 Å². The average molecular weight is 256 g/mol. The summed E-state index contributed by atoms with van der Waals surface area (Å²) in [7, 11) is 1.71. The van der Waals surface area contributed by atoms with E-state index < -0.39 is 0 Å². The van der Waals surface area contributed by atoms with Gasteiger partial charge < -0.3 is 10.1 Å². The number of fused-ring (bicyclic) bond motifs is 1. The molecule has 1 saturated carbocycles. The maximum Gasteiger partial charge on any atom is 0.134 e. The van der Waals surface area contributed by atoms with Crippen molar-refractivity contribution in [1.82, 2.24) is 4.98 Å². The fraction of sp³-hybridized carbons (Fsp3) is 0.438. The van der Waals surface area contributed by atoms with Crippen molar-refractivity contribution in [3.05, 3.63) is 30.5 Å². The van der Waals surface area contributed by atoms with Crippen LogP contribution in [0.4, 0.5) is 5.82 Å². The summed E-state index contributed by atoms with van der Waals surface area (Å²) in [5, 5.41) is 5.86. The highest BCUT2D eigenvalue weighted by molar-refractivity contribution is 5.95. The van der Waals surface area contributed by atoms with Crippen molar-refractivity contribution in [3.63, 3.8) is 0 Å². The fourth-order valence-corrected chi connectivity index (χ4v) is 3.00. The molecule has 2 unspecified atom stereocenters. The normalized spacial score (nSPS) is 22.6. The Bertz CT molecular complexity index is 582. The molecule has 3 heteroatoms. The van der Waals surface area contributed by atoms with Crippen molar-refractivity contribution in [2.75, 3.05) is 12.4 Å². The highest BCUT2D eigenvalue weighted by Gasteiger charge is 2.21. The van der Waals surface area contributed by atoms with Crippen LogP contribution in [0.15, 0.2) is 30.5 Å². The first-order valence-electron chi connectivity index (χ1n) is 6.96. The molecule has 19 heavy (non-hydrogen) atoms. The van der Waals surface area contributed by atoms with Gasteiger partial charge in [-0.25, -0.2) is 4.98 Å². The van der Waals surface area contributed by atoms with Crippen LogP contribution >= 0.6 is 0 Å². The van der Waals surface area contributed by atoms with Gasteiger partial charge >= 0.3 is 0 Å². The Morgan fingerprint density at radius 2 is 2.11 bits per heavy atom. The third-order valence-electron chi connectivity index (χ3n) is 4.02. The SMILES string of the molecule is COc1cccc2c(NC3CCC(C)C3)nccc12. The molecule has 1 heterocycles. The van der Waals surface area contributed by atoms with E-state index in [4.69, 9.17) is 4.74 Å². The van der Waals surface area contributed by atoms with Crippen LogP contribution in [-0.2, 0) is 0 Å². The summed E-state index contributed by atoms with van der Waals surface area (Å²) in [5.74, 6) is 2.71. The highest BCUT2D eigenvalue weighted by atomic mass is 16.5. The molecule has 2 aromatic rings. The number of aromatic nitrogens is 1. The lowest BCUT2D eigenvalue weighted by atomic mass is 10.1. The van der Waals surface area contributed by atoms with E-state index in [2.05, 4.69) is 23.3 Å². The Labute approximate surface area is 114 Å². The molecule has 0 amide bonds. The van der Waals surface area contributed by atoms with E-state index in [1.165, 1.54) is 19.3 Å². The number of nitrogens with zero attached hydrogens (tertiary/aromatic N) is 1. The maximum absolute atomic E-state index is 5.41. The van der Waals surface area contributed by atoms with Crippen LogP contribution in [0, 0.1) is 5.92 Å². The second kappa shape index (κ2) is 5.08. The minimum absolute atomic E-state index is 0.555. The summed E-state index contributed by atoms with van der Waals surface area (Å²) in [6, 6.07) is 8.68. The lowest BCUT2D eigenvalue weighted by Gasteiger charge is -2.15. The van der Waals surface area contributed by atoms with E-state index in [1.807, 2.05) is 24.4 Å². The zero-order chi connectivity index (χ0) is 13.2. The van der Waals surface area contributed by atoms with Crippen LogP contribution in [0.1, 0.15) is 26.2 Å². The number of ether oxygens (including phenoxy) is 1. The molecule has 3 nitrogen and oxygen atoms in total. The molecule has 0 spiro atoms. The number of methoxy groups -OCH3 is 1. The minimum Gasteiger partial charge on any atom is -0.496 e. The summed E-state index contributed by atoms with van der Waals surface area (Å²) < 4.78 is 5.41.